The van der Waals surface area contributed by atoms with Crippen LogP contribution in [0.2, 0.25) is 0 Å². The Bertz CT molecular complexity index is 639. The van der Waals surface area contributed by atoms with Gasteiger partial charge in [-0.3, -0.25) is 4.68 Å². The second kappa shape index (κ2) is 5.65. The molecule has 0 amide bonds. The zero-order chi connectivity index (χ0) is 14.8. The third-order valence-electron chi connectivity index (χ3n) is 3.53. The Morgan fingerprint density at radius 2 is 2.29 bits per heavy atom. The van der Waals surface area contributed by atoms with Gasteiger partial charge in [0.05, 0.1) is 19.4 Å². The highest BCUT2D eigenvalue weighted by molar-refractivity contribution is 5.55. The van der Waals surface area contributed by atoms with Crippen LogP contribution in [0.3, 0.4) is 0 Å². The van der Waals surface area contributed by atoms with Crippen LogP contribution in [0.1, 0.15) is 23.7 Å². The van der Waals surface area contributed by atoms with E-state index in [4.69, 9.17) is 14.2 Å². The molecule has 2 aromatic rings. The minimum Gasteiger partial charge on any atom is -0.493 e. The number of hydrogen-bond donors (Lipinski definition) is 1. The standard InChI is InChI=1S/C15H18N2O4/c1-17-8-10(7-16-17)3-4-12(18)11-5-13(19-2)15-14(6-11)20-9-21-15/h5-8,12,18H,3-4,9H2,1-2H3. The van der Waals surface area contributed by atoms with Crippen molar-refractivity contribution in [1.82, 2.24) is 9.78 Å². The molecule has 0 saturated carbocycles. The van der Waals surface area contributed by atoms with Crippen LogP contribution in [-0.4, -0.2) is 28.8 Å². The van der Waals surface area contributed by atoms with Gasteiger partial charge in [-0.2, -0.15) is 5.10 Å². The van der Waals surface area contributed by atoms with Gasteiger partial charge in [0.2, 0.25) is 12.5 Å². The van der Waals surface area contributed by atoms with Crippen LogP contribution < -0.4 is 14.2 Å². The Morgan fingerprint density at radius 1 is 1.43 bits per heavy atom. The van der Waals surface area contributed by atoms with Gasteiger partial charge in [0.25, 0.3) is 0 Å². The smallest absolute Gasteiger partial charge is 0.231 e. The number of ether oxygens (including phenoxy) is 3. The van der Waals surface area contributed by atoms with Crippen molar-refractivity contribution in [1.29, 1.82) is 0 Å². The lowest BCUT2D eigenvalue weighted by Gasteiger charge is -2.13. The maximum atomic E-state index is 10.4. The quantitative estimate of drug-likeness (QED) is 0.910. The first-order chi connectivity index (χ1) is 10.2. The molecule has 2 heterocycles. The summed E-state index contributed by atoms with van der Waals surface area (Å²) in [7, 11) is 3.45. The van der Waals surface area contributed by atoms with Crippen LogP contribution in [0.15, 0.2) is 24.5 Å². The lowest BCUT2D eigenvalue weighted by Crippen LogP contribution is -2.00. The molecule has 1 atom stereocenters. The highest BCUT2D eigenvalue weighted by atomic mass is 16.7. The zero-order valence-corrected chi connectivity index (χ0v) is 12.1. The lowest BCUT2D eigenvalue weighted by molar-refractivity contribution is 0.165. The van der Waals surface area contributed by atoms with Crippen molar-refractivity contribution >= 4 is 0 Å². The van der Waals surface area contributed by atoms with Crippen LogP contribution in [0, 0.1) is 0 Å². The van der Waals surface area contributed by atoms with E-state index in [-0.39, 0.29) is 6.79 Å². The number of hydrogen-bond acceptors (Lipinski definition) is 5. The van der Waals surface area contributed by atoms with Gasteiger partial charge < -0.3 is 19.3 Å². The molecule has 21 heavy (non-hydrogen) atoms. The molecule has 1 aromatic heterocycles. The molecule has 0 bridgehead atoms. The summed E-state index contributed by atoms with van der Waals surface area (Å²) in [6, 6.07) is 3.60. The molecule has 0 radical (unpaired) electrons. The van der Waals surface area contributed by atoms with E-state index >= 15 is 0 Å². The van der Waals surface area contributed by atoms with Crippen molar-refractivity contribution in [3.05, 3.63) is 35.7 Å². The molecule has 0 spiro atoms. The highest BCUT2D eigenvalue weighted by Crippen LogP contribution is 2.43. The van der Waals surface area contributed by atoms with Gasteiger partial charge in [-0.15, -0.1) is 0 Å². The predicted molar refractivity (Wildman–Crippen MR) is 75.6 cm³/mol. The molecule has 3 rings (SSSR count). The number of nitrogens with zero attached hydrogens (tertiary/aromatic N) is 2. The normalized spacial score (nSPS) is 14.2. The molecule has 0 fully saturated rings. The third kappa shape index (κ3) is 2.80. The Labute approximate surface area is 122 Å². The van der Waals surface area contributed by atoms with Crippen LogP contribution in [0.25, 0.3) is 0 Å². The second-order valence-corrected chi connectivity index (χ2v) is 5.03. The second-order valence-electron chi connectivity index (χ2n) is 5.03. The average Bonchev–Trinajstić information content (AvgIpc) is 3.12. The van der Waals surface area contributed by atoms with Gasteiger partial charge in [0.1, 0.15) is 0 Å². The number of aryl methyl sites for hydroxylation is 2. The Balaban J connectivity index is 1.73. The van der Waals surface area contributed by atoms with E-state index in [2.05, 4.69) is 5.10 Å². The fourth-order valence-electron chi connectivity index (χ4n) is 2.41. The first kappa shape index (κ1) is 13.8. The fraction of sp³-hybridized carbons (Fsp3) is 0.400. The van der Waals surface area contributed by atoms with Crippen molar-refractivity contribution in [3.8, 4) is 17.2 Å². The SMILES string of the molecule is COc1cc(C(O)CCc2cnn(C)c2)cc2c1OCO2. The van der Waals surface area contributed by atoms with Gasteiger partial charge >= 0.3 is 0 Å². The summed E-state index contributed by atoms with van der Waals surface area (Å²) in [5.74, 6) is 1.80. The molecule has 6 nitrogen and oxygen atoms in total. The first-order valence-electron chi connectivity index (χ1n) is 6.80. The summed E-state index contributed by atoms with van der Waals surface area (Å²) in [4.78, 5) is 0. The van der Waals surface area contributed by atoms with Crippen molar-refractivity contribution in [3.63, 3.8) is 0 Å². The summed E-state index contributed by atoms with van der Waals surface area (Å²) in [5, 5.41) is 14.5. The molecule has 1 aliphatic rings. The Morgan fingerprint density at radius 3 is 3.00 bits per heavy atom. The summed E-state index contributed by atoms with van der Waals surface area (Å²) in [6.45, 7) is 0.181. The number of rotatable bonds is 5. The summed E-state index contributed by atoms with van der Waals surface area (Å²) in [5.41, 5.74) is 1.87. The molecule has 6 heteroatoms. The largest absolute Gasteiger partial charge is 0.493 e. The van der Waals surface area contributed by atoms with Crippen LogP contribution in [-0.2, 0) is 13.5 Å². The molecular formula is C15H18N2O4. The summed E-state index contributed by atoms with van der Waals surface area (Å²) < 4.78 is 17.8. The van der Waals surface area contributed by atoms with Crippen molar-refractivity contribution in [2.45, 2.75) is 18.9 Å². The van der Waals surface area contributed by atoms with Gasteiger partial charge in [0.15, 0.2) is 11.5 Å². The molecule has 112 valence electrons. The Kier molecular flexibility index (Phi) is 3.70. The predicted octanol–water partition coefficient (Wildman–Crippen LogP) is 1.82. The van der Waals surface area contributed by atoms with Gasteiger partial charge in [-0.05, 0) is 36.1 Å². The van der Waals surface area contributed by atoms with E-state index in [9.17, 15) is 5.11 Å². The number of benzene rings is 1. The molecule has 1 unspecified atom stereocenters. The highest BCUT2D eigenvalue weighted by Gasteiger charge is 2.22. The molecule has 0 saturated heterocycles. The van der Waals surface area contributed by atoms with Crippen LogP contribution in [0.4, 0.5) is 0 Å². The topological polar surface area (TPSA) is 65.7 Å². The maximum absolute atomic E-state index is 10.4. The molecule has 1 N–H and O–H groups in total. The van der Waals surface area contributed by atoms with E-state index in [0.29, 0.717) is 23.7 Å². The minimum atomic E-state index is -0.589. The number of aliphatic hydroxyl groups excluding tert-OH is 1. The van der Waals surface area contributed by atoms with Crippen LogP contribution >= 0.6 is 0 Å². The zero-order valence-electron chi connectivity index (χ0n) is 12.1. The van der Waals surface area contributed by atoms with Crippen molar-refractivity contribution < 1.29 is 19.3 Å². The Hall–Kier alpha value is -2.21. The average molecular weight is 290 g/mol. The van der Waals surface area contributed by atoms with Gasteiger partial charge in [-0.1, -0.05) is 0 Å². The maximum Gasteiger partial charge on any atom is 0.231 e. The molecular weight excluding hydrogens is 272 g/mol. The van der Waals surface area contributed by atoms with Crippen LogP contribution in [0.5, 0.6) is 17.2 Å². The monoisotopic (exact) mass is 290 g/mol. The van der Waals surface area contributed by atoms with E-state index in [1.807, 2.05) is 19.4 Å². The van der Waals surface area contributed by atoms with E-state index in [1.54, 1.807) is 23.9 Å². The van der Waals surface area contributed by atoms with Gasteiger partial charge in [0, 0.05) is 13.2 Å². The van der Waals surface area contributed by atoms with Crippen molar-refractivity contribution in [2.24, 2.45) is 7.05 Å². The minimum absolute atomic E-state index is 0.181. The fourth-order valence-corrected chi connectivity index (χ4v) is 2.41. The first-order valence-corrected chi connectivity index (χ1v) is 6.80. The lowest BCUT2D eigenvalue weighted by atomic mass is 10.0. The van der Waals surface area contributed by atoms with Crippen molar-refractivity contribution in [2.75, 3.05) is 13.9 Å². The number of methoxy groups -OCH3 is 1. The van der Waals surface area contributed by atoms with E-state index in [0.717, 1.165) is 17.5 Å². The van der Waals surface area contributed by atoms with Gasteiger partial charge in [-0.25, -0.2) is 0 Å². The van der Waals surface area contributed by atoms with E-state index < -0.39 is 6.10 Å². The number of aromatic nitrogens is 2. The number of aliphatic hydroxyl groups is 1. The molecule has 1 aromatic carbocycles. The number of fused-ring (bicyclic) bond motifs is 1. The molecule has 1 aliphatic heterocycles. The molecule has 0 aliphatic carbocycles. The van der Waals surface area contributed by atoms with E-state index in [1.165, 1.54) is 0 Å². The summed E-state index contributed by atoms with van der Waals surface area (Å²) >= 11 is 0. The third-order valence-corrected chi connectivity index (χ3v) is 3.53. The summed E-state index contributed by atoms with van der Waals surface area (Å²) in [6.07, 6.45) is 4.54.